The molecule has 0 aliphatic rings. The standard InChI is InChI=1S/C65H126O17P2/c1-7-9-11-13-27-35-41-47-62(67)75-53-60(81-64(69)49-43-37-28-14-12-10-8-2)55-79-83(71,72)77-51-59(66)52-78-84(73,74)80-56-61(54-76-63(68)48-42-36-32-31-34-40-46-58(5)6)82-65(70)50-44-38-30-26-24-22-20-18-16-15-17-19-21-23-25-29-33-39-45-57(3)4/h57-61,66H,7-56H2,1-6H3,(H,71,72)(H,73,74)/t59-,60+,61+/m0/s1. The van der Waals surface area contributed by atoms with Crippen molar-refractivity contribution in [3.05, 3.63) is 0 Å². The Hall–Kier alpha value is -1.94. The van der Waals surface area contributed by atoms with Crippen molar-refractivity contribution >= 4 is 39.5 Å². The van der Waals surface area contributed by atoms with Crippen LogP contribution in [0.1, 0.15) is 324 Å². The molecule has 0 spiro atoms. The summed E-state index contributed by atoms with van der Waals surface area (Å²) in [5.41, 5.74) is 0. The van der Waals surface area contributed by atoms with Gasteiger partial charge in [-0.2, -0.15) is 0 Å². The highest BCUT2D eigenvalue weighted by Crippen LogP contribution is 2.45. The minimum absolute atomic E-state index is 0.103. The highest BCUT2D eigenvalue weighted by Gasteiger charge is 2.30. The molecule has 0 saturated heterocycles. The van der Waals surface area contributed by atoms with Gasteiger partial charge in [0.05, 0.1) is 26.4 Å². The molecule has 0 aromatic rings. The molecule has 0 saturated carbocycles. The average molecular weight is 1240 g/mol. The van der Waals surface area contributed by atoms with E-state index in [0.717, 1.165) is 128 Å². The van der Waals surface area contributed by atoms with E-state index in [1.165, 1.54) is 109 Å². The molecule has 0 aliphatic heterocycles. The van der Waals surface area contributed by atoms with Gasteiger partial charge < -0.3 is 33.8 Å². The number of esters is 4. The first-order chi connectivity index (χ1) is 40.4. The maximum Gasteiger partial charge on any atom is 0.472 e. The van der Waals surface area contributed by atoms with Crippen LogP contribution >= 0.6 is 15.6 Å². The van der Waals surface area contributed by atoms with Crippen LogP contribution in [0, 0.1) is 11.8 Å². The number of carbonyl (C=O) groups excluding carboxylic acids is 4. The number of phosphoric acid groups is 2. The normalized spacial score (nSPS) is 14.3. The number of rotatable bonds is 64. The highest BCUT2D eigenvalue weighted by molar-refractivity contribution is 7.47. The summed E-state index contributed by atoms with van der Waals surface area (Å²) < 4.78 is 67.8. The molecule has 0 aliphatic carbocycles. The predicted octanol–water partition coefficient (Wildman–Crippen LogP) is 18.0. The molecule has 17 nitrogen and oxygen atoms in total. The van der Waals surface area contributed by atoms with Crippen LogP contribution in [0.4, 0.5) is 0 Å². The Labute approximate surface area is 511 Å². The van der Waals surface area contributed by atoms with Crippen molar-refractivity contribution in [1.82, 2.24) is 0 Å². The van der Waals surface area contributed by atoms with Crippen LogP contribution in [-0.4, -0.2) is 96.7 Å². The SMILES string of the molecule is CCCCCCCCCC(=O)OC[C@H](COP(=O)(O)OC[C@H](O)COP(=O)(O)OC[C@@H](COC(=O)CCCCCCCCC(C)C)OC(=O)CCCCCCCCCCCCCCCCCCCCC(C)C)OC(=O)CCCCCCCCC. The maximum absolute atomic E-state index is 13.0. The first kappa shape index (κ1) is 82.1. The van der Waals surface area contributed by atoms with E-state index < -0.39 is 97.5 Å². The Kier molecular flexibility index (Phi) is 56.2. The monoisotopic (exact) mass is 1240 g/mol. The summed E-state index contributed by atoms with van der Waals surface area (Å²) in [4.78, 5) is 71.9. The Balaban J connectivity index is 5.06. The van der Waals surface area contributed by atoms with E-state index in [4.69, 9.17) is 37.0 Å². The van der Waals surface area contributed by atoms with Crippen molar-refractivity contribution in [2.45, 2.75) is 342 Å². The van der Waals surface area contributed by atoms with Crippen molar-refractivity contribution in [2.24, 2.45) is 11.8 Å². The molecule has 0 aromatic carbocycles. The lowest BCUT2D eigenvalue weighted by Crippen LogP contribution is -2.30. The Bertz CT molecular complexity index is 1650. The number of aliphatic hydroxyl groups excluding tert-OH is 1. The third-order valence-electron chi connectivity index (χ3n) is 15.0. The molecule has 0 rings (SSSR count). The zero-order chi connectivity index (χ0) is 62.2. The molecular weight excluding hydrogens is 1110 g/mol. The fraction of sp³-hybridized carbons (Fsp3) is 0.938. The van der Waals surface area contributed by atoms with Gasteiger partial charge in [0.15, 0.2) is 12.2 Å². The van der Waals surface area contributed by atoms with E-state index in [2.05, 4.69) is 41.5 Å². The van der Waals surface area contributed by atoms with Crippen molar-refractivity contribution in [1.29, 1.82) is 0 Å². The van der Waals surface area contributed by atoms with Gasteiger partial charge >= 0.3 is 39.5 Å². The van der Waals surface area contributed by atoms with Gasteiger partial charge in [-0.15, -0.1) is 0 Å². The van der Waals surface area contributed by atoms with Gasteiger partial charge in [0.1, 0.15) is 19.3 Å². The maximum atomic E-state index is 13.0. The molecule has 498 valence electrons. The summed E-state index contributed by atoms with van der Waals surface area (Å²) >= 11 is 0. The van der Waals surface area contributed by atoms with Gasteiger partial charge in [-0.3, -0.25) is 37.3 Å². The molecule has 0 fully saturated rings. The Morgan fingerprint density at radius 2 is 0.548 bits per heavy atom. The number of carbonyl (C=O) groups is 4. The van der Waals surface area contributed by atoms with Crippen LogP contribution < -0.4 is 0 Å². The van der Waals surface area contributed by atoms with Gasteiger partial charge in [-0.25, -0.2) is 9.13 Å². The summed E-state index contributed by atoms with van der Waals surface area (Å²) in [5, 5.41) is 10.5. The number of phosphoric ester groups is 2. The van der Waals surface area contributed by atoms with Crippen LogP contribution in [0.5, 0.6) is 0 Å². The Morgan fingerprint density at radius 1 is 0.321 bits per heavy atom. The lowest BCUT2D eigenvalue weighted by molar-refractivity contribution is -0.161. The Morgan fingerprint density at radius 3 is 0.810 bits per heavy atom. The number of hydrogen-bond acceptors (Lipinski definition) is 15. The van der Waals surface area contributed by atoms with Crippen LogP contribution in [0.25, 0.3) is 0 Å². The van der Waals surface area contributed by atoms with Crippen LogP contribution in [0.2, 0.25) is 0 Å². The van der Waals surface area contributed by atoms with Crippen molar-refractivity contribution in [3.8, 4) is 0 Å². The lowest BCUT2D eigenvalue weighted by atomic mass is 10.0. The largest absolute Gasteiger partial charge is 0.472 e. The number of hydrogen-bond donors (Lipinski definition) is 3. The molecule has 5 atom stereocenters. The highest BCUT2D eigenvalue weighted by atomic mass is 31.2. The molecular formula is C65H126O17P2. The number of ether oxygens (including phenoxy) is 4. The second-order valence-corrected chi connectivity index (χ2v) is 27.4. The summed E-state index contributed by atoms with van der Waals surface area (Å²) in [7, 11) is -9.88. The van der Waals surface area contributed by atoms with Crippen LogP contribution in [0.3, 0.4) is 0 Å². The fourth-order valence-corrected chi connectivity index (χ4v) is 11.3. The summed E-state index contributed by atoms with van der Waals surface area (Å²) in [6.07, 6.45) is 40.9. The molecule has 0 bridgehead atoms. The molecule has 3 N–H and O–H groups in total. The molecule has 19 heteroatoms. The lowest BCUT2D eigenvalue weighted by Gasteiger charge is -2.21. The summed E-state index contributed by atoms with van der Waals surface area (Å²) in [6, 6.07) is 0. The molecule has 0 heterocycles. The third-order valence-corrected chi connectivity index (χ3v) is 16.9. The van der Waals surface area contributed by atoms with Crippen LogP contribution in [0.15, 0.2) is 0 Å². The average Bonchev–Trinajstić information content (AvgIpc) is 3.54. The number of unbranched alkanes of at least 4 members (excludes halogenated alkanes) is 34. The number of aliphatic hydroxyl groups is 1. The molecule has 0 aromatic heterocycles. The quantitative estimate of drug-likeness (QED) is 0.0222. The van der Waals surface area contributed by atoms with Crippen molar-refractivity contribution < 1.29 is 80.2 Å². The van der Waals surface area contributed by atoms with Gasteiger partial charge in [-0.1, -0.05) is 273 Å². The van der Waals surface area contributed by atoms with E-state index in [9.17, 15) is 43.2 Å². The molecule has 0 amide bonds. The first-order valence-electron chi connectivity index (χ1n) is 34.0. The first-order valence-corrected chi connectivity index (χ1v) is 37.0. The van der Waals surface area contributed by atoms with Gasteiger partial charge in [-0.05, 0) is 37.5 Å². The van der Waals surface area contributed by atoms with Gasteiger partial charge in [0.25, 0.3) is 0 Å². The van der Waals surface area contributed by atoms with E-state index in [1.807, 2.05) is 0 Å². The zero-order valence-electron chi connectivity index (χ0n) is 54.2. The third kappa shape index (κ3) is 59.0. The van der Waals surface area contributed by atoms with Gasteiger partial charge in [0, 0.05) is 25.7 Å². The zero-order valence-corrected chi connectivity index (χ0v) is 56.0. The van der Waals surface area contributed by atoms with Crippen molar-refractivity contribution in [2.75, 3.05) is 39.6 Å². The van der Waals surface area contributed by atoms with E-state index >= 15 is 0 Å². The molecule has 0 radical (unpaired) electrons. The molecule has 84 heavy (non-hydrogen) atoms. The van der Waals surface area contributed by atoms with E-state index in [0.29, 0.717) is 31.6 Å². The van der Waals surface area contributed by atoms with Crippen LogP contribution in [-0.2, 0) is 65.4 Å². The summed E-state index contributed by atoms with van der Waals surface area (Å²) in [5.74, 6) is -0.645. The second kappa shape index (κ2) is 57.5. The second-order valence-electron chi connectivity index (χ2n) is 24.5. The minimum Gasteiger partial charge on any atom is -0.462 e. The summed E-state index contributed by atoms with van der Waals surface area (Å²) in [6.45, 7) is 9.37. The van der Waals surface area contributed by atoms with Gasteiger partial charge in [0.2, 0.25) is 0 Å². The fourth-order valence-electron chi connectivity index (χ4n) is 9.71. The van der Waals surface area contributed by atoms with Crippen molar-refractivity contribution in [3.63, 3.8) is 0 Å². The van der Waals surface area contributed by atoms with E-state index in [-0.39, 0.29) is 25.7 Å². The topological polar surface area (TPSA) is 237 Å². The molecule has 2 unspecified atom stereocenters. The predicted molar refractivity (Wildman–Crippen MR) is 335 cm³/mol. The smallest absolute Gasteiger partial charge is 0.462 e. The van der Waals surface area contributed by atoms with E-state index in [1.54, 1.807) is 0 Å². The minimum atomic E-state index is -4.94.